The van der Waals surface area contributed by atoms with Crippen molar-refractivity contribution in [2.75, 3.05) is 13.2 Å². The molecule has 0 bridgehead atoms. The largest absolute Gasteiger partial charge is 0.356 e. The van der Waals surface area contributed by atoms with Crippen molar-refractivity contribution in [3.63, 3.8) is 0 Å². The number of pyridine rings is 1. The quantitative estimate of drug-likeness (QED) is 0.828. The van der Waals surface area contributed by atoms with Crippen molar-refractivity contribution in [1.29, 1.82) is 0 Å². The van der Waals surface area contributed by atoms with Crippen LogP contribution in [0.3, 0.4) is 0 Å². The number of hydrogen-bond acceptors (Lipinski definition) is 4. The number of aromatic nitrogens is 1. The zero-order valence-corrected chi connectivity index (χ0v) is 15.4. The third-order valence-corrected chi connectivity index (χ3v) is 5.11. The number of benzene rings is 1. The van der Waals surface area contributed by atoms with Crippen molar-refractivity contribution in [2.24, 2.45) is 0 Å². The Morgan fingerprint density at radius 2 is 2.04 bits per heavy atom. The summed E-state index contributed by atoms with van der Waals surface area (Å²) in [5.41, 5.74) is 1.73. The Morgan fingerprint density at radius 3 is 2.71 bits per heavy atom. The predicted molar refractivity (Wildman–Crippen MR) is 99.7 cm³/mol. The van der Waals surface area contributed by atoms with Crippen molar-refractivity contribution >= 4 is 11.8 Å². The zero-order chi connectivity index (χ0) is 19.5. The smallest absolute Gasteiger partial charge is 0.251 e. The van der Waals surface area contributed by atoms with E-state index in [1.54, 1.807) is 35.5 Å². The Balaban J connectivity index is 1.46. The molecular weight excluding hydrogens is 361 g/mol. The molecule has 1 aromatic carbocycles. The molecule has 2 aliphatic rings. The standard InChI is InChI=1S/C21H22FN3O3/c22-16-5-3-14(4-6-16)9-11-24-21(27)20-19(15-2-1-10-23-12-15)25(17-7-8-17)18(26)13-28-20/h1-6,10,12,17,19-20H,7-9,11,13H2,(H,24,27)/t19-,20+/m1/s1. The van der Waals surface area contributed by atoms with E-state index in [0.29, 0.717) is 13.0 Å². The molecule has 2 heterocycles. The summed E-state index contributed by atoms with van der Waals surface area (Å²) < 4.78 is 18.7. The van der Waals surface area contributed by atoms with Gasteiger partial charge in [-0.05, 0) is 48.6 Å². The van der Waals surface area contributed by atoms with Crippen LogP contribution in [-0.2, 0) is 20.7 Å². The van der Waals surface area contributed by atoms with Crippen LogP contribution in [0.1, 0.15) is 30.0 Å². The highest BCUT2D eigenvalue weighted by Gasteiger charge is 2.47. The lowest BCUT2D eigenvalue weighted by Gasteiger charge is -2.40. The number of amides is 2. The van der Waals surface area contributed by atoms with Crippen molar-refractivity contribution in [1.82, 2.24) is 15.2 Å². The third kappa shape index (κ3) is 4.04. The van der Waals surface area contributed by atoms with Crippen molar-refractivity contribution in [3.8, 4) is 0 Å². The van der Waals surface area contributed by atoms with Gasteiger partial charge in [-0.1, -0.05) is 18.2 Å². The first-order chi connectivity index (χ1) is 13.6. The Morgan fingerprint density at radius 1 is 1.25 bits per heavy atom. The van der Waals surface area contributed by atoms with Crippen LogP contribution in [0.2, 0.25) is 0 Å². The summed E-state index contributed by atoms with van der Waals surface area (Å²) in [5.74, 6) is -0.631. The number of carbonyl (C=O) groups excluding carboxylic acids is 2. The maximum absolute atomic E-state index is 13.0. The molecule has 146 valence electrons. The van der Waals surface area contributed by atoms with Gasteiger partial charge < -0.3 is 15.0 Å². The van der Waals surface area contributed by atoms with Crippen LogP contribution in [0.4, 0.5) is 4.39 Å². The molecule has 0 radical (unpaired) electrons. The third-order valence-electron chi connectivity index (χ3n) is 5.11. The highest BCUT2D eigenvalue weighted by molar-refractivity contribution is 5.86. The van der Waals surface area contributed by atoms with Crippen LogP contribution in [0, 0.1) is 5.82 Å². The van der Waals surface area contributed by atoms with E-state index < -0.39 is 12.1 Å². The fourth-order valence-electron chi connectivity index (χ4n) is 3.60. The van der Waals surface area contributed by atoms with Gasteiger partial charge in [-0.25, -0.2) is 4.39 Å². The summed E-state index contributed by atoms with van der Waals surface area (Å²) in [7, 11) is 0. The predicted octanol–water partition coefficient (Wildman–Crippen LogP) is 2.01. The van der Waals surface area contributed by atoms with E-state index >= 15 is 0 Å². The van der Waals surface area contributed by atoms with Gasteiger partial charge in [0.05, 0.1) is 6.04 Å². The van der Waals surface area contributed by atoms with Crippen molar-refractivity contribution in [3.05, 3.63) is 65.7 Å². The molecule has 2 atom stereocenters. The van der Waals surface area contributed by atoms with Crippen LogP contribution in [0.15, 0.2) is 48.8 Å². The molecule has 7 heteroatoms. The van der Waals surface area contributed by atoms with Crippen molar-refractivity contribution in [2.45, 2.75) is 37.5 Å². The molecule has 2 aromatic rings. The van der Waals surface area contributed by atoms with Gasteiger partial charge in [0.15, 0.2) is 6.10 Å². The van der Waals surface area contributed by atoms with Crippen LogP contribution in [0.25, 0.3) is 0 Å². The molecule has 6 nitrogen and oxygen atoms in total. The SMILES string of the molecule is O=C(NCCc1ccc(F)cc1)[C@H]1OCC(=O)N(C2CC2)[C@@H]1c1cccnc1. The maximum Gasteiger partial charge on any atom is 0.251 e. The fraction of sp³-hybridized carbons (Fsp3) is 0.381. The second-order valence-electron chi connectivity index (χ2n) is 7.16. The number of nitrogens with zero attached hydrogens (tertiary/aromatic N) is 2. The van der Waals surface area contributed by atoms with Gasteiger partial charge in [-0.15, -0.1) is 0 Å². The average molecular weight is 383 g/mol. The maximum atomic E-state index is 13.0. The van der Waals surface area contributed by atoms with Crippen LogP contribution in [-0.4, -0.2) is 47.0 Å². The molecule has 1 aliphatic carbocycles. The summed E-state index contributed by atoms with van der Waals surface area (Å²) in [6.45, 7) is 0.310. The molecule has 1 aromatic heterocycles. The minimum atomic E-state index is -0.782. The summed E-state index contributed by atoms with van der Waals surface area (Å²) in [6, 6.07) is 9.55. The van der Waals surface area contributed by atoms with E-state index in [4.69, 9.17) is 4.74 Å². The monoisotopic (exact) mass is 383 g/mol. The van der Waals surface area contributed by atoms with Gasteiger partial charge >= 0.3 is 0 Å². The first kappa shape index (κ1) is 18.6. The molecule has 1 saturated carbocycles. The van der Waals surface area contributed by atoms with Crippen molar-refractivity contribution < 1.29 is 18.7 Å². The second kappa shape index (κ2) is 8.06. The Hall–Kier alpha value is -2.80. The number of ether oxygens (including phenoxy) is 1. The highest BCUT2D eigenvalue weighted by atomic mass is 19.1. The topological polar surface area (TPSA) is 71.5 Å². The van der Waals surface area contributed by atoms with Gasteiger partial charge in [-0.2, -0.15) is 0 Å². The molecular formula is C21H22FN3O3. The second-order valence-corrected chi connectivity index (χ2v) is 7.16. The lowest BCUT2D eigenvalue weighted by Crippen LogP contribution is -2.55. The molecule has 0 spiro atoms. The fourth-order valence-corrected chi connectivity index (χ4v) is 3.60. The molecule has 1 saturated heterocycles. The Bertz CT molecular complexity index is 840. The van der Waals surface area contributed by atoms with E-state index in [0.717, 1.165) is 24.0 Å². The normalized spacial score (nSPS) is 22.2. The molecule has 1 N–H and O–H groups in total. The molecule has 2 amide bonds. The van der Waals surface area contributed by atoms with Gasteiger partial charge in [0.1, 0.15) is 12.4 Å². The Kier molecular flexibility index (Phi) is 5.34. The van der Waals surface area contributed by atoms with E-state index in [1.165, 1.54) is 12.1 Å². The van der Waals surface area contributed by atoms with Gasteiger partial charge in [-0.3, -0.25) is 14.6 Å². The number of halogens is 1. The molecule has 28 heavy (non-hydrogen) atoms. The highest BCUT2D eigenvalue weighted by Crippen LogP contribution is 2.39. The summed E-state index contributed by atoms with van der Waals surface area (Å²) in [6.07, 6.45) is 5.04. The zero-order valence-electron chi connectivity index (χ0n) is 15.4. The molecule has 2 fully saturated rings. The van der Waals surface area contributed by atoms with E-state index in [2.05, 4.69) is 10.3 Å². The van der Waals surface area contributed by atoms with E-state index in [-0.39, 0.29) is 30.3 Å². The lowest BCUT2D eigenvalue weighted by atomic mass is 9.98. The number of carbonyl (C=O) groups is 2. The number of morpholine rings is 1. The van der Waals surface area contributed by atoms with Crippen LogP contribution >= 0.6 is 0 Å². The minimum Gasteiger partial charge on any atom is -0.356 e. The van der Waals surface area contributed by atoms with Gasteiger partial charge in [0, 0.05) is 25.0 Å². The molecule has 4 rings (SSSR count). The minimum absolute atomic E-state index is 0.0910. The van der Waals surface area contributed by atoms with Gasteiger partial charge in [0.25, 0.3) is 5.91 Å². The first-order valence-corrected chi connectivity index (χ1v) is 9.48. The van der Waals surface area contributed by atoms with Crippen LogP contribution in [0.5, 0.6) is 0 Å². The summed E-state index contributed by atoms with van der Waals surface area (Å²) in [5, 5.41) is 2.89. The number of nitrogens with one attached hydrogen (secondary N) is 1. The first-order valence-electron chi connectivity index (χ1n) is 9.48. The van der Waals surface area contributed by atoms with Crippen LogP contribution < -0.4 is 5.32 Å². The summed E-state index contributed by atoms with van der Waals surface area (Å²) >= 11 is 0. The van der Waals surface area contributed by atoms with E-state index in [1.807, 2.05) is 6.07 Å². The number of hydrogen-bond donors (Lipinski definition) is 1. The molecule has 0 unspecified atom stereocenters. The number of rotatable bonds is 6. The summed E-state index contributed by atoms with van der Waals surface area (Å²) in [4.78, 5) is 31.3. The Labute approximate surface area is 162 Å². The molecule has 1 aliphatic heterocycles. The lowest BCUT2D eigenvalue weighted by molar-refractivity contribution is -0.165. The van der Waals surface area contributed by atoms with E-state index in [9.17, 15) is 14.0 Å². The average Bonchev–Trinajstić information content (AvgIpc) is 3.55. The van der Waals surface area contributed by atoms with Gasteiger partial charge in [0.2, 0.25) is 5.91 Å².